The van der Waals surface area contributed by atoms with Crippen LogP contribution in [0.2, 0.25) is 18.1 Å². The average Bonchev–Trinajstić information content (AvgIpc) is 2.21. The van der Waals surface area contributed by atoms with Crippen LogP contribution < -0.4 is 0 Å². The second-order valence-electron chi connectivity index (χ2n) is 5.54. The Bertz CT molecular complexity index is 279. The Morgan fingerprint density at radius 1 is 1.11 bits per heavy atom. The van der Waals surface area contributed by atoms with E-state index in [4.69, 9.17) is 9.16 Å². The summed E-state index contributed by atoms with van der Waals surface area (Å²) in [6.45, 7) is 13.9. The minimum absolute atomic E-state index is 0.211. The first-order valence-corrected chi connectivity index (χ1v) is 9.20. The van der Waals surface area contributed by atoms with Crippen molar-refractivity contribution in [3.63, 3.8) is 0 Å². The molecule has 0 spiro atoms. The van der Waals surface area contributed by atoms with Crippen LogP contribution in [0.5, 0.6) is 0 Å². The summed E-state index contributed by atoms with van der Waals surface area (Å²) in [6.07, 6.45) is 3.01. The zero-order chi connectivity index (χ0) is 14.2. The molecule has 5 heteroatoms. The van der Waals surface area contributed by atoms with E-state index in [0.717, 1.165) is 0 Å². The Labute approximate surface area is 111 Å². The molecule has 0 aliphatic heterocycles. The number of rotatable bonds is 6. The van der Waals surface area contributed by atoms with Gasteiger partial charge in [-0.25, -0.2) is 4.79 Å². The van der Waals surface area contributed by atoms with Crippen LogP contribution in [0.15, 0.2) is 12.2 Å². The third-order valence-corrected chi connectivity index (χ3v) is 7.57. The average molecular weight is 274 g/mol. The molecule has 0 bridgehead atoms. The van der Waals surface area contributed by atoms with Gasteiger partial charge in [0.25, 0.3) is 0 Å². The molecule has 0 aliphatic rings. The van der Waals surface area contributed by atoms with E-state index in [1.807, 2.05) is 6.08 Å². The van der Waals surface area contributed by atoms with Crippen LogP contribution in [0.25, 0.3) is 0 Å². The molecular formula is C13H26O4Si. The van der Waals surface area contributed by atoms with Gasteiger partial charge in [-0.1, -0.05) is 26.8 Å². The van der Waals surface area contributed by atoms with Crippen LogP contribution in [-0.2, 0) is 13.9 Å². The summed E-state index contributed by atoms with van der Waals surface area (Å²) in [7, 11) is -1.68. The number of hydrogen-bond acceptors (Lipinski definition) is 4. The summed E-state index contributed by atoms with van der Waals surface area (Å²) in [5.74, 6) is 0. The molecule has 0 heterocycles. The SMILES string of the molecule is CCOC(=O)OC/C=C\CO[Si](C)(C)C(C)(C)C. The standard InChI is InChI=1S/C13H26O4Si/c1-7-15-12(14)16-10-8-9-11-17-18(5,6)13(2,3)4/h8-9H,7,10-11H2,1-6H3/b9-8-. The van der Waals surface area contributed by atoms with E-state index >= 15 is 0 Å². The van der Waals surface area contributed by atoms with Gasteiger partial charge in [-0.2, -0.15) is 0 Å². The maximum Gasteiger partial charge on any atom is 0.508 e. The molecule has 0 aromatic rings. The lowest BCUT2D eigenvalue weighted by molar-refractivity contribution is 0.0672. The minimum Gasteiger partial charge on any atom is -0.435 e. The molecule has 0 unspecified atom stereocenters. The van der Waals surface area contributed by atoms with Crippen molar-refractivity contribution in [1.82, 2.24) is 0 Å². The second-order valence-corrected chi connectivity index (χ2v) is 10.3. The van der Waals surface area contributed by atoms with E-state index in [0.29, 0.717) is 13.2 Å². The molecule has 0 aliphatic carbocycles. The number of carbonyl (C=O) groups excluding carboxylic acids is 1. The predicted octanol–water partition coefficient (Wildman–Crippen LogP) is 3.74. The van der Waals surface area contributed by atoms with Crippen molar-refractivity contribution in [3.05, 3.63) is 12.2 Å². The topological polar surface area (TPSA) is 44.8 Å². The summed E-state index contributed by atoms with van der Waals surface area (Å²) >= 11 is 0. The Morgan fingerprint density at radius 3 is 2.17 bits per heavy atom. The highest BCUT2D eigenvalue weighted by Crippen LogP contribution is 2.36. The predicted molar refractivity (Wildman–Crippen MR) is 75.3 cm³/mol. The molecule has 0 aromatic heterocycles. The molecule has 0 N–H and O–H groups in total. The first-order valence-electron chi connectivity index (χ1n) is 6.29. The van der Waals surface area contributed by atoms with E-state index < -0.39 is 14.5 Å². The van der Waals surface area contributed by atoms with Crippen LogP contribution in [0.1, 0.15) is 27.7 Å². The van der Waals surface area contributed by atoms with Gasteiger partial charge in [0.15, 0.2) is 8.32 Å². The molecule has 0 fully saturated rings. The zero-order valence-corrected chi connectivity index (χ0v) is 13.4. The number of carbonyl (C=O) groups is 1. The molecule has 0 saturated carbocycles. The molecule has 0 aromatic carbocycles. The highest BCUT2D eigenvalue weighted by atomic mass is 28.4. The fraction of sp³-hybridized carbons (Fsp3) is 0.769. The molecule has 18 heavy (non-hydrogen) atoms. The highest BCUT2D eigenvalue weighted by Gasteiger charge is 2.36. The van der Waals surface area contributed by atoms with Crippen LogP contribution >= 0.6 is 0 Å². The van der Waals surface area contributed by atoms with Gasteiger partial charge in [0.1, 0.15) is 6.61 Å². The van der Waals surface area contributed by atoms with E-state index in [1.165, 1.54) is 0 Å². The fourth-order valence-corrected chi connectivity index (χ4v) is 1.83. The number of hydrogen-bond donors (Lipinski definition) is 0. The third-order valence-electron chi connectivity index (χ3n) is 3.07. The number of ether oxygens (including phenoxy) is 2. The molecule has 0 amide bonds. The van der Waals surface area contributed by atoms with Crippen molar-refractivity contribution in [3.8, 4) is 0 Å². The van der Waals surface area contributed by atoms with Gasteiger partial charge in [0, 0.05) is 0 Å². The lowest BCUT2D eigenvalue weighted by atomic mass is 10.2. The van der Waals surface area contributed by atoms with E-state index in [-0.39, 0.29) is 11.6 Å². The Balaban J connectivity index is 3.82. The molecule has 4 nitrogen and oxygen atoms in total. The van der Waals surface area contributed by atoms with Crippen LogP contribution in [0.3, 0.4) is 0 Å². The molecule has 0 atom stereocenters. The first-order chi connectivity index (χ1) is 8.20. The fourth-order valence-electron chi connectivity index (χ4n) is 0.885. The van der Waals surface area contributed by atoms with Gasteiger partial charge >= 0.3 is 6.16 Å². The molecule has 0 saturated heterocycles. The van der Waals surface area contributed by atoms with Crippen molar-refractivity contribution >= 4 is 14.5 Å². The zero-order valence-electron chi connectivity index (χ0n) is 12.4. The van der Waals surface area contributed by atoms with Crippen molar-refractivity contribution in [1.29, 1.82) is 0 Å². The summed E-state index contributed by atoms with van der Waals surface area (Å²) in [5, 5.41) is 0.211. The Morgan fingerprint density at radius 2 is 1.67 bits per heavy atom. The van der Waals surface area contributed by atoms with Gasteiger partial charge in [0.2, 0.25) is 0 Å². The minimum atomic E-state index is -1.68. The molecule has 0 rings (SSSR count). The maximum absolute atomic E-state index is 10.9. The third kappa shape index (κ3) is 6.81. The van der Waals surface area contributed by atoms with Gasteiger partial charge in [-0.15, -0.1) is 0 Å². The summed E-state index contributed by atoms with van der Waals surface area (Å²) in [5.41, 5.74) is 0. The van der Waals surface area contributed by atoms with Crippen LogP contribution in [-0.4, -0.2) is 34.3 Å². The quantitative estimate of drug-likeness (QED) is 0.420. The van der Waals surface area contributed by atoms with E-state index in [9.17, 15) is 4.79 Å². The molecular weight excluding hydrogens is 248 g/mol. The van der Waals surface area contributed by atoms with Crippen molar-refractivity contribution in [2.24, 2.45) is 0 Å². The second kappa shape index (κ2) is 7.58. The van der Waals surface area contributed by atoms with Crippen molar-refractivity contribution < 1.29 is 18.7 Å². The van der Waals surface area contributed by atoms with Gasteiger partial charge in [0.05, 0.1) is 13.2 Å². The van der Waals surface area contributed by atoms with E-state index in [2.05, 4.69) is 38.6 Å². The summed E-state index contributed by atoms with van der Waals surface area (Å²) < 4.78 is 15.3. The summed E-state index contributed by atoms with van der Waals surface area (Å²) in [4.78, 5) is 10.9. The van der Waals surface area contributed by atoms with Crippen LogP contribution in [0, 0.1) is 0 Å². The van der Waals surface area contributed by atoms with Crippen molar-refractivity contribution in [2.45, 2.75) is 45.8 Å². The Kier molecular flexibility index (Phi) is 7.24. The molecule has 106 valence electrons. The normalized spacial score (nSPS) is 12.8. The maximum atomic E-state index is 10.9. The summed E-state index contributed by atoms with van der Waals surface area (Å²) in [6, 6.07) is 0. The molecule has 0 radical (unpaired) electrons. The Hall–Kier alpha value is -0.813. The highest BCUT2D eigenvalue weighted by molar-refractivity contribution is 6.74. The lowest BCUT2D eigenvalue weighted by Crippen LogP contribution is -2.40. The first kappa shape index (κ1) is 17.2. The smallest absolute Gasteiger partial charge is 0.435 e. The lowest BCUT2D eigenvalue weighted by Gasteiger charge is -2.35. The van der Waals surface area contributed by atoms with Gasteiger partial charge in [-0.3, -0.25) is 0 Å². The van der Waals surface area contributed by atoms with Gasteiger partial charge in [-0.05, 0) is 31.1 Å². The monoisotopic (exact) mass is 274 g/mol. The van der Waals surface area contributed by atoms with Gasteiger partial charge < -0.3 is 13.9 Å². The van der Waals surface area contributed by atoms with Crippen LogP contribution in [0.4, 0.5) is 4.79 Å². The van der Waals surface area contributed by atoms with E-state index in [1.54, 1.807) is 13.0 Å². The van der Waals surface area contributed by atoms with Crippen molar-refractivity contribution in [2.75, 3.05) is 19.8 Å². The largest absolute Gasteiger partial charge is 0.508 e.